The van der Waals surface area contributed by atoms with E-state index < -0.39 is 0 Å². The van der Waals surface area contributed by atoms with Crippen molar-refractivity contribution in [2.45, 2.75) is 34.1 Å². The molecule has 0 unspecified atom stereocenters. The van der Waals surface area contributed by atoms with E-state index in [0.717, 1.165) is 6.42 Å². The lowest BCUT2D eigenvalue weighted by Gasteiger charge is -2.19. The van der Waals surface area contributed by atoms with E-state index in [2.05, 4.69) is 117 Å². The molecule has 0 saturated carbocycles. The van der Waals surface area contributed by atoms with Crippen molar-refractivity contribution in [2.75, 3.05) is 0 Å². The van der Waals surface area contributed by atoms with Crippen LogP contribution in [-0.4, -0.2) is 4.40 Å². The lowest BCUT2D eigenvalue weighted by Crippen LogP contribution is -2.29. The monoisotopic (exact) mass is 441 g/mol. The number of para-hydroxylation sites is 1. The Morgan fingerprint density at radius 2 is 1.56 bits per heavy atom. The molecule has 0 N–H and O–H groups in total. The summed E-state index contributed by atoms with van der Waals surface area (Å²) in [6.45, 7) is 9.22. The molecule has 0 aliphatic heterocycles. The van der Waals surface area contributed by atoms with Gasteiger partial charge in [-0.15, -0.1) is 0 Å². The quantitative estimate of drug-likeness (QED) is 0.139. The Bertz CT molecular complexity index is 1930. The molecule has 7 aromatic rings. The maximum atomic E-state index is 2.56. The third-order valence-electron chi connectivity index (χ3n) is 7.52. The van der Waals surface area contributed by atoms with Crippen LogP contribution in [0.3, 0.4) is 0 Å². The number of fused-ring (bicyclic) bond motifs is 7. The second-order valence-electron chi connectivity index (χ2n) is 11.3. The highest BCUT2D eigenvalue weighted by atomic mass is 15.0. The van der Waals surface area contributed by atoms with Gasteiger partial charge in [-0.3, -0.25) is 0 Å². The van der Waals surface area contributed by atoms with Gasteiger partial charge in [-0.2, -0.15) is 0 Å². The van der Waals surface area contributed by atoms with Gasteiger partial charge in [0.25, 0.3) is 0 Å². The molecule has 4 aromatic carbocycles. The van der Waals surface area contributed by atoms with E-state index >= 15 is 0 Å². The van der Waals surface area contributed by atoms with Gasteiger partial charge in [0.1, 0.15) is 7.05 Å². The first-order chi connectivity index (χ1) is 16.3. The van der Waals surface area contributed by atoms with Crippen molar-refractivity contribution in [3.8, 4) is 0 Å². The minimum absolute atomic E-state index is 0.247. The van der Waals surface area contributed by atoms with Crippen LogP contribution in [0.1, 0.15) is 31.9 Å². The number of hydrogen-bond acceptors (Lipinski definition) is 0. The predicted octanol–water partition coefficient (Wildman–Crippen LogP) is 7.86. The summed E-state index contributed by atoms with van der Waals surface area (Å²) in [5.41, 5.74) is 8.26. The van der Waals surface area contributed by atoms with Gasteiger partial charge in [0.2, 0.25) is 5.52 Å². The van der Waals surface area contributed by atoms with Crippen molar-refractivity contribution in [1.29, 1.82) is 0 Å². The lowest BCUT2D eigenvalue weighted by atomic mass is 9.87. The summed E-state index contributed by atoms with van der Waals surface area (Å²) < 4.78 is 4.88. The summed E-state index contributed by atoms with van der Waals surface area (Å²) in [6, 6.07) is 25.3. The number of pyridine rings is 2. The third kappa shape index (κ3) is 2.54. The summed E-state index contributed by atoms with van der Waals surface area (Å²) in [6.07, 6.45) is 3.28. The number of aryl methyl sites for hydroxylation is 2. The molecule has 0 amide bonds. The van der Waals surface area contributed by atoms with Crippen LogP contribution in [0.15, 0.2) is 72.9 Å². The van der Waals surface area contributed by atoms with E-state index in [0.29, 0.717) is 0 Å². The molecule has 2 nitrogen and oxygen atoms in total. The molecular formula is C32H29N2+. The van der Waals surface area contributed by atoms with Gasteiger partial charge in [-0.1, -0.05) is 63.2 Å². The van der Waals surface area contributed by atoms with Crippen LogP contribution in [-0.2, 0) is 13.5 Å². The summed E-state index contributed by atoms with van der Waals surface area (Å²) in [5, 5.41) is 9.33. The zero-order chi connectivity index (χ0) is 23.4. The standard InChI is InChI=1S/C32H29N2/c1-19-10-13-24-23-8-6-7-9-26(23)34-29(24)27(19)31-28-22(14-15-33(31)5)17-21-12-11-20(18-32(2,3)4)16-25(21)30(28)34/h6-17H,18H2,1-5H3/q+1. The van der Waals surface area contributed by atoms with Crippen molar-refractivity contribution in [2.24, 2.45) is 12.5 Å². The van der Waals surface area contributed by atoms with Crippen LogP contribution >= 0.6 is 0 Å². The molecule has 0 aliphatic carbocycles. The second kappa shape index (κ2) is 6.48. The number of nitrogens with zero attached hydrogens (tertiary/aromatic N) is 2. The van der Waals surface area contributed by atoms with Gasteiger partial charge in [-0.05, 0) is 58.9 Å². The first-order valence-corrected chi connectivity index (χ1v) is 12.2. The van der Waals surface area contributed by atoms with E-state index in [1.807, 2.05) is 0 Å². The van der Waals surface area contributed by atoms with Crippen LogP contribution in [0.2, 0.25) is 0 Å². The molecule has 2 heteroatoms. The van der Waals surface area contributed by atoms with E-state index in [9.17, 15) is 0 Å². The van der Waals surface area contributed by atoms with E-state index in [-0.39, 0.29) is 5.41 Å². The minimum Gasteiger partial charge on any atom is -0.307 e. The van der Waals surface area contributed by atoms with Crippen LogP contribution in [0, 0.1) is 12.3 Å². The molecule has 0 fully saturated rings. The van der Waals surface area contributed by atoms with Gasteiger partial charge >= 0.3 is 0 Å². The first kappa shape index (κ1) is 19.8. The minimum atomic E-state index is 0.247. The zero-order valence-corrected chi connectivity index (χ0v) is 20.5. The molecule has 0 saturated heterocycles. The lowest BCUT2D eigenvalue weighted by molar-refractivity contribution is -0.643. The summed E-state index contributed by atoms with van der Waals surface area (Å²) in [4.78, 5) is 0. The Morgan fingerprint density at radius 3 is 2.38 bits per heavy atom. The molecule has 0 spiro atoms. The third-order valence-corrected chi connectivity index (χ3v) is 7.52. The number of hydrogen-bond donors (Lipinski definition) is 0. The molecule has 3 heterocycles. The number of benzene rings is 4. The van der Waals surface area contributed by atoms with E-state index in [1.165, 1.54) is 70.9 Å². The topological polar surface area (TPSA) is 8.29 Å². The highest BCUT2D eigenvalue weighted by Gasteiger charge is 2.25. The molecule has 3 aromatic heterocycles. The van der Waals surface area contributed by atoms with Crippen molar-refractivity contribution < 1.29 is 4.57 Å². The largest absolute Gasteiger partial charge is 0.307 e. The Labute approximate surface area is 199 Å². The van der Waals surface area contributed by atoms with Gasteiger partial charge in [0.05, 0.1) is 27.3 Å². The molecule has 166 valence electrons. The molecule has 7 rings (SSSR count). The van der Waals surface area contributed by atoms with Gasteiger partial charge in [0, 0.05) is 22.2 Å². The predicted molar refractivity (Wildman–Crippen MR) is 145 cm³/mol. The molecule has 34 heavy (non-hydrogen) atoms. The van der Waals surface area contributed by atoms with Gasteiger partial charge in [-0.25, -0.2) is 4.57 Å². The fraction of sp³-hybridized carbons (Fsp3) is 0.219. The maximum Gasteiger partial charge on any atom is 0.224 e. The van der Waals surface area contributed by atoms with Crippen molar-refractivity contribution in [3.05, 3.63) is 84.1 Å². The van der Waals surface area contributed by atoms with Crippen molar-refractivity contribution >= 4 is 59.8 Å². The first-order valence-electron chi connectivity index (χ1n) is 12.2. The maximum absolute atomic E-state index is 2.56. The molecule has 0 atom stereocenters. The SMILES string of the molecule is Cc1ccc2c3ccccc3n3c2c1c1c2c(cc[n+]1C)cc1ccc(CC(C)(C)C)cc1c23. The highest BCUT2D eigenvalue weighted by molar-refractivity contribution is 6.29. The van der Waals surface area contributed by atoms with Crippen LogP contribution in [0.5, 0.6) is 0 Å². The Hall–Kier alpha value is -3.65. The van der Waals surface area contributed by atoms with E-state index in [1.54, 1.807) is 0 Å². The van der Waals surface area contributed by atoms with E-state index in [4.69, 9.17) is 0 Å². The second-order valence-corrected chi connectivity index (χ2v) is 11.3. The van der Waals surface area contributed by atoms with Crippen LogP contribution < -0.4 is 4.57 Å². The molecule has 0 aliphatic rings. The number of aromatic nitrogens is 2. The normalized spacial score (nSPS) is 13.0. The summed E-state index contributed by atoms with van der Waals surface area (Å²) in [5.74, 6) is 0. The average molecular weight is 442 g/mol. The Kier molecular flexibility index (Phi) is 3.77. The van der Waals surface area contributed by atoms with Crippen LogP contribution in [0.25, 0.3) is 59.8 Å². The molecule has 0 bridgehead atoms. The Morgan fingerprint density at radius 1 is 0.765 bits per heavy atom. The average Bonchev–Trinajstić information content (AvgIpc) is 3.13. The Balaban J connectivity index is 1.85. The van der Waals surface area contributed by atoms with Crippen LogP contribution in [0.4, 0.5) is 0 Å². The number of rotatable bonds is 1. The van der Waals surface area contributed by atoms with Gasteiger partial charge in [0.15, 0.2) is 6.20 Å². The molecule has 0 radical (unpaired) electrons. The highest BCUT2D eigenvalue weighted by Crippen LogP contribution is 2.43. The van der Waals surface area contributed by atoms with Crippen molar-refractivity contribution in [3.63, 3.8) is 0 Å². The zero-order valence-electron chi connectivity index (χ0n) is 20.5. The van der Waals surface area contributed by atoms with Crippen molar-refractivity contribution in [1.82, 2.24) is 4.40 Å². The smallest absolute Gasteiger partial charge is 0.224 e. The fourth-order valence-electron chi connectivity index (χ4n) is 6.21. The molecular weight excluding hydrogens is 412 g/mol. The summed E-state index contributed by atoms with van der Waals surface area (Å²) in [7, 11) is 2.19. The fourth-order valence-corrected chi connectivity index (χ4v) is 6.21. The summed E-state index contributed by atoms with van der Waals surface area (Å²) >= 11 is 0. The van der Waals surface area contributed by atoms with Gasteiger partial charge < -0.3 is 4.40 Å².